The molecule has 0 aromatic heterocycles. The molecule has 0 saturated carbocycles. The number of para-hydroxylation sites is 1. The van der Waals surface area contributed by atoms with Crippen molar-refractivity contribution in [2.75, 3.05) is 11.9 Å². The lowest BCUT2D eigenvalue weighted by molar-refractivity contribution is -0.145. The molecule has 37 heavy (non-hydrogen) atoms. The number of likely N-dealkylation sites (N-methyl/N-ethyl adjacent to an activating group) is 1. The van der Waals surface area contributed by atoms with Crippen molar-refractivity contribution >= 4 is 46.8 Å². The first-order chi connectivity index (χ1) is 17.6. The lowest BCUT2D eigenvalue weighted by Gasteiger charge is -2.38. The van der Waals surface area contributed by atoms with Gasteiger partial charge in [0.2, 0.25) is 11.8 Å². The van der Waals surface area contributed by atoms with E-state index in [1.807, 2.05) is 12.1 Å². The molecule has 3 aromatic carbocycles. The van der Waals surface area contributed by atoms with E-state index in [0.717, 1.165) is 21.9 Å². The Morgan fingerprint density at radius 2 is 1.76 bits per heavy atom. The molecule has 2 N–H and O–H groups in total. The first kappa shape index (κ1) is 26.6. The predicted octanol–water partition coefficient (Wildman–Crippen LogP) is 4.74. The second kappa shape index (κ2) is 10.9. The van der Waals surface area contributed by atoms with E-state index in [2.05, 4.69) is 0 Å². The number of carbonyl (C=O) groups is 3. The maximum absolute atomic E-state index is 14.0. The number of nitrogens with two attached hydrogens (primary N) is 1. The van der Waals surface area contributed by atoms with E-state index < -0.39 is 53.1 Å². The van der Waals surface area contributed by atoms with E-state index in [1.165, 1.54) is 23.6 Å². The number of halogens is 3. The second-order valence-corrected chi connectivity index (χ2v) is 10.4. The zero-order chi connectivity index (χ0) is 26.9. The Hall–Kier alpha value is -3.43. The number of benzene rings is 3. The fourth-order valence-corrected chi connectivity index (χ4v) is 6.02. The maximum Gasteiger partial charge on any atom is 0.251 e. The standard InChI is InChI=1S/C27H24ClF2N3O3S/c1-15(26(31)35)33(23(34)12-16-10-19(29)14-20(30)11-16)24-25(17-6-5-7-18(28)13-17)37-22-9-4-3-8-21(22)32(2)27(24)36/h3-11,13-15,24-25H,12H2,1-2H3,(H2,31,35)/t15-,24-,25+/m0/s1. The third-order valence-electron chi connectivity index (χ3n) is 6.22. The minimum Gasteiger partial charge on any atom is -0.368 e. The zero-order valence-corrected chi connectivity index (χ0v) is 21.6. The van der Waals surface area contributed by atoms with Crippen LogP contribution < -0.4 is 10.6 Å². The Kier molecular flexibility index (Phi) is 7.85. The summed E-state index contributed by atoms with van der Waals surface area (Å²) in [5.41, 5.74) is 6.99. The SMILES string of the molecule is C[C@@H](C(N)=O)N(C(=O)Cc1cc(F)cc(F)c1)[C@@H]1C(=O)N(C)c2ccccc2S[C@@H]1c1cccc(Cl)c1. The summed E-state index contributed by atoms with van der Waals surface area (Å²) >= 11 is 7.63. The van der Waals surface area contributed by atoms with Gasteiger partial charge < -0.3 is 15.5 Å². The molecule has 3 atom stereocenters. The molecule has 192 valence electrons. The first-order valence-corrected chi connectivity index (χ1v) is 12.7. The van der Waals surface area contributed by atoms with Crippen molar-refractivity contribution < 1.29 is 23.2 Å². The summed E-state index contributed by atoms with van der Waals surface area (Å²) in [5.74, 6) is -3.64. The highest BCUT2D eigenvalue weighted by molar-refractivity contribution is 7.99. The number of amides is 3. The van der Waals surface area contributed by atoms with Crippen LogP contribution in [0.2, 0.25) is 5.02 Å². The smallest absolute Gasteiger partial charge is 0.251 e. The lowest BCUT2D eigenvalue weighted by Crippen LogP contribution is -2.58. The number of rotatable bonds is 6. The Morgan fingerprint density at radius 1 is 1.08 bits per heavy atom. The number of anilines is 1. The van der Waals surface area contributed by atoms with E-state index >= 15 is 0 Å². The van der Waals surface area contributed by atoms with Crippen LogP contribution in [-0.4, -0.2) is 41.8 Å². The van der Waals surface area contributed by atoms with E-state index in [0.29, 0.717) is 22.3 Å². The van der Waals surface area contributed by atoms with Crippen molar-refractivity contribution in [2.45, 2.75) is 35.6 Å². The van der Waals surface area contributed by atoms with Gasteiger partial charge in [0.25, 0.3) is 5.91 Å². The Labute approximate surface area is 222 Å². The van der Waals surface area contributed by atoms with Gasteiger partial charge in [0.1, 0.15) is 23.7 Å². The summed E-state index contributed by atoms with van der Waals surface area (Å²) < 4.78 is 27.7. The predicted molar refractivity (Wildman–Crippen MR) is 139 cm³/mol. The molecular formula is C27H24ClF2N3O3S. The maximum atomic E-state index is 14.0. The fourth-order valence-electron chi connectivity index (χ4n) is 4.41. The van der Waals surface area contributed by atoms with Crippen LogP contribution in [-0.2, 0) is 20.8 Å². The third kappa shape index (κ3) is 5.62. The fraction of sp³-hybridized carbons (Fsp3) is 0.222. The number of fused-ring (bicyclic) bond motifs is 1. The molecule has 4 rings (SSSR count). The number of nitrogens with zero attached hydrogens (tertiary/aromatic N) is 2. The average molecular weight is 544 g/mol. The third-order valence-corrected chi connectivity index (χ3v) is 7.84. The van der Waals surface area contributed by atoms with E-state index in [9.17, 15) is 23.2 Å². The van der Waals surface area contributed by atoms with Gasteiger partial charge in [-0.2, -0.15) is 0 Å². The molecular weight excluding hydrogens is 520 g/mol. The number of primary amides is 1. The molecule has 0 radical (unpaired) electrons. The molecule has 0 fully saturated rings. The van der Waals surface area contributed by atoms with Gasteiger partial charge in [0.15, 0.2) is 0 Å². The number of hydrogen-bond acceptors (Lipinski definition) is 4. The van der Waals surface area contributed by atoms with Crippen LogP contribution in [0.25, 0.3) is 0 Å². The summed E-state index contributed by atoms with van der Waals surface area (Å²) in [5, 5.41) is -0.237. The number of carbonyl (C=O) groups excluding carboxylic acids is 3. The molecule has 1 aliphatic rings. The molecule has 6 nitrogen and oxygen atoms in total. The highest BCUT2D eigenvalue weighted by Crippen LogP contribution is 2.47. The molecule has 0 bridgehead atoms. The average Bonchev–Trinajstić information content (AvgIpc) is 2.94. The molecule has 0 unspecified atom stereocenters. The summed E-state index contributed by atoms with van der Waals surface area (Å²) in [6.45, 7) is 1.43. The van der Waals surface area contributed by atoms with E-state index in [1.54, 1.807) is 43.4 Å². The van der Waals surface area contributed by atoms with E-state index in [-0.39, 0.29) is 5.56 Å². The summed E-state index contributed by atoms with van der Waals surface area (Å²) in [4.78, 5) is 43.5. The number of hydrogen-bond donors (Lipinski definition) is 1. The van der Waals surface area contributed by atoms with Crippen molar-refractivity contribution in [2.24, 2.45) is 5.73 Å². The van der Waals surface area contributed by atoms with Crippen molar-refractivity contribution in [3.63, 3.8) is 0 Å². The topological polar surface area (TPSA) is 83.7 Å². The first-order valence-electron chi connectivity index (χ1n) is 11.4. The van der Waals surface area contributed by atoms with Crippen molar-refractivity contribution in [3.8, 4) is 0 Å². The van der Waals surface area contributed by atoms with Gasteiger partial charge in [0.05, 0.1) is 17.4 Å². The minimum absolute atomic E-state index is 0.0637. The normalized spacial score (nSPS) is 18.1. The van der Waals surface area contributed by atoms with Gasteiger partial charge in [-0.15, -0.1) is 11.8 Å². The Bertz CT molecular complexity index is 1350. The van der Waals surface area contributed by atoms with Crippen LogP contribution in [0.15, 0.2) is 71.6 Å². The van der Waals surface area contributed by atoms with Crippen LogP contribution >= 0.6 is 23.4 Å². The van der Waals surface area contributed by atoms with Crippen LogP contribution in [0.3, 0.4) is 0 Å². The van der Waals surface area contributed by atoms with Gasteiger partial charge >= 0.3 is 0 Å². The second-order valence-electron chi connectivity index (χ2n) is 8.74. The van der Waals surface area contributed by atoms with Gasteiger partial charge in [-0.05, 0) is 54.4 Å². The van der Waals surface area contributed by atoms with Gasteiger partial charge in [-0.25, -0.2) is 8.78 Å². The van der Waals surface area contributed by atoms with Crippen molar-refractivity contribution in [1.82, 2.24) is 4.90 Å². The molecule has 0 aliphatic carbocycles. The zero-order valence-electron chi connectivity index (χ0n) is 20.0. The summed E-state index contributed by atoms with van der Waals surface area (Å²) in [6.07, 6.45) is -0.445. The van der Waals surface area contributed by atoms with Gasteiger partial charge in [-0.1, -0.05) is 35.9 Å². The van der Waals surface area contributed by atoms with Gasteiger partial charge in [0, 0.05) is 23.0 Å². The van der Waals surface area contributed by atoms with Crippen LogP contribution in [0, 0.1) is 11.6 Å². The highest BCUT2D eigenvalue weighted by atomic mass is 35.5. The van der Waals surface area contributed by atoms with E-state index in [4.69, 9.17) is 17.3 Å². The molecule has 1 heterocycles. The molecule has 10 heteroatoms. The molecule has 3 amide bonds. The highest BCUT2D eigenvalue weighted by Gasteiger charge is 2.45. The quantitative estimate of drug-likeness (QED) is 0.487. The Balaban J connectivity index is 1.86. The van der Waals surface area contributed by atoms with Crippen molar-refractivity contribution in [3.05, 3.63) is 94.5 Å². The van der Waals surface area contributed by atoms with Crippen molar-refractivity contribution in [1.29, 1.82) is 0 Å². The molecule has 0 saturated heterocycles. The minimum atomic E-state index is -1.20. The summed E-state index contributed by atoms with van der Waals surface area (Å²) in [6, 6.07) is 14.6. The van der Waals surface area contributed by atoms with Gasteiger partial charge in [-0.3, -0.25) is 14.4 Å². The molecule has 0 spiro atoms. The monoisotopic (exact) mass is 543 g/mol. The lowest BCUT2D eigenvalue weighted by atomic mass is 9.99. The largest absolute Gasteiger partial charge is 0.368 e. The summed E-state index contributed by atoms with van der Waals surface area (Å²) in [7, 11) is 1.59. The van der Waals surface area contributed by atoms with Crippen LogP contribution in [0.4, 0.5) is 14.5 Å². The Morgan fingerprint density at radius 3 is 2.41 bits per heavy atom. The molecule has 3 aromatic rings. The van der Waals surface area contributed by atoms with Crippen LogP contribution in [0.1, 0.15) is 23.3 Å². The van der Waals surface area contributed by atoms with Crippen LogP contribution in [0.5, 0.6) is 0 Å². The number of thioether (sulfide) groups is 1. The molecule has 1 aliphatic heterocycles.